The van der Waals surface area contributed by atoms with Crippen LogP contribution in [0.2, 0.25) is 0 Å². The van der Waals surface area contributed by atoms with Gasteiger partial charge in [0.25, 0.3) is 0 Å². The maximum absolute atomic E-state index is 5.92. The van der Waals surface area contributed by atoms with Gasteiger partial charge in [-0.25, -0.2) is 0 Å². The molecule has 0 spiro atoms. The van der Waals surface area contributed by atoms with E-state index in [1.54, 1.807) is 0 Å². The van der Waals surface area contributed by atoms with Gasteiger partial charge in [0.15, 0.2) is 0 Å². The molecule has 1 aromatic carbocycles. The predicted molar refractivity (Wildman–Crippen MR) is 71.5 cm³/mol. The molecule has 3 heteroatoms. The second-order valence-corrected chi connectivity index (χ2v) is 5.00. The molecule has 2 heterocycles. The average Bonchev–Trinajstić information content (AvgIpc) is 2.43. The van der Waals surface area contributed by atoms with Crippen LogP contribution in [0.1, 0.15) is 36.5 Å². The van der Waals surface area contributed by atoms with E-state index in [4.69, 9.17) is 9.47 Å². The van der Waals surface area contributed by atoms with Crippen molar-refractivity contribution in [3.8, 4) is 11.5 Å². The molecule has 0 amide bonds. The molecule has 3 nitrogen and oxygen atoms in total. The van der Waals surface area contributed by atoms with Crippen molar-refractivity contribution in [3.05, 3.63) is 22.8 Å². The van der Waals surface area contributed by atoms with Crippen molar-refractivity contribution in [2.24, 2.45) is 0 Å². The summed E-state index contributed by atoms with van der Waals surface area (Å²) in [7, 11) is 0. The first-order valence-electron chi connectivity index (χ1n) is 7.04. The number of benzene rings is 1. The molecule has 0 saturated heterocycles. The normalized spacial score (nSPS) is 17.4. The summed E-state index contributed by atoms with van der Waals surface area (Å²) in [6.07, 6.45) is 4.47. The van der Waals surface area contributed by atoms with E-state index in [1.165, 1.54) is 16.7 Å². The van der Waals surface area contributed by atoms with Gasteiger partial charge in [0.05, 0.1) is 13.2 Å². The van der Waals surface area contributed by atoms with Crippen LogP contribution in [-0.4, -0.2) is 19.8 Å². The summed E-state index contributed by atoms with van der Waals surface area (Å²) in [6.45, 7) is 5.73. The number of hydrogen-bond acceptors (Lipinski definition) is 3. The van der Waals surface area contributed by atoms with E-state index in [0.29, 0.717) is 0 Å². The maximum atomic E-state index is 5.92. The topological polar surface area (TPSA) is 30.5 Å². The Morgan fingerprint density at radius 1 is 1.17 bits per heavy atom. The van der Waals surface area contributed by atoms with E-state index in [1.807, 2.05) is 0 Å². The van der Waals surface area contributed by atoms with Crippen LogP contribution < -0.4 is 14.8 Å². The Hall–Kier alpha value is -1.22. The first-order valence-corrected chi connectivity index (χ1v) is 7.04. The van der Waals surface area contributed by atoms with Gasteiger partial charge in [-0.05, 0) is 43.9 Å². The zero-order chi connectivity index (χ0) is 12.4. The molecular weight excluding hydrogens is 226 g/mol. The lowest BCUT2D eigenvalue weighted by Crippen LogP contribution is -2.21. The van der Waals surface area contributed by atoms with E-state index in [9.17, 15) is 0 Å². The molecule has 18 heavy (non-hydrogen) atoms. The summed E-state index contributed by atoms with van der Waals surface area (Å²) >= 11 is 0. The molecule has 3 rings (SSSR count). The second-order valence-electron chi connectivity index (χ2n) is 5.00. The highest BCUT2D eigenvalue weighted by Crippen LogP contribution is 2.39. The third-order valence-electron chi connectivity index (χ3n) is 3.75. The fourth-order valence-electron chi connectivity index (χ4n) is 2.86. The number of ether oxygens (including phenoxy) is 2. The van der Waals surface area contributed by atoms with Crippen molar-refractivity contribution < 1.29 is 9.47 Å². The van der Waals surface area contributed by atoms with Gasteiger partial charge in [-0.1, -0.05) is 6.92 Å². The Morgan fingerprint density at radius 2 is 2.00 bits per heavy atom. The summed E-state index contributed by atoms with van der Waals surface area (Å²) in [4.78, 5) is 0. The van der Waals surface area contributed by atoms with Crippen LogP contribution in [0.4, 0.5) is 0 Å². The fourth-order valence-corrected chi connectivity index (χ4v) is 2.86. The van der Waals surface area contributed by atoms with Crippen LogP contribution in [0.3, 0.4) is 0 Å². The van der Waals surface area contributed by atoms with E-state index in [0.717, 1.165) is 63.5 Å². The maximum Gasteiger partial charge on any atom is 0.127 e. The zero-order valence-electron chi connectivity index (χ0n) is 11.1. The van der Waals surface area contributed by atoms with E-state index >= 15 is 0 Å². The summed E-state index contributed by atoms with van der Waals surface area (Å²) in [6, 6.07) is 2.21. The molecule has 0 aromatic heterocycles. The first kappa shape index (κ1) is 11.8. The third-order valence-corrected chi connectivity index (χ3v) is 3.75. The minimum absolute atomic E-state index is 0.853. The highest BCUT2D eigenvalue weighted by Gasteiger charge is 2.23. The van der Waals surface area contributed by atoms with E-state index < -0.39 is 0 Å². The molecule has 1 N–H and O–H groups in total. The van der Waals surface area contributed by atoms with Crippen molar-refractivity contribution in [1.29, 1.82) is 0 Å². The highest BCUT2D eigenvalue weighted by molar-refractivity contribution is 5.55. The average molecular weight is 247 g/mol. The molecule has 0 bridgehead atoms. The molecule has 0 saturated carbocycles. The summed E-state index contributed by atoms with van der Waals surface area (Å²) in [5.41, 5.74) is 4.03. The summed E-state index contributed by atoms with van der Waals surface area (Å²) < 4.78 is 11.7. The second kappa shape index (κ2) is 5.19. The van der Waals surface area contributed by atoms with Gasteiger partial charge in [-0.2, -0.15) is 0 Å². The van der Waals surface area contributed by atoms with Crippen molar-refractivity contribution in [2.45, 2.75) is 39.2 Å². The molecule has 0 aliphatic carbocycles. The molecule has 1 aromatic rings. The largest absolute Gasteiger partial charge is 0.493 e. The number of nitrogens with one attached hydrogen (secondary N) is 1. The van der Waals surface area contributed by atoms with Gasteiger partial charge >= 0.3 is 0 Å². The van der Waals surface area contributed by atoms with Crippen molar-refractivity contribution in [2.75, 3.05) is 19.8 Å². The number of fused-ring (bicyclic) bond motifs is 2. The Kier molecular flexibility index (Phi) is 3.41. The van der Waals surface area contributed by atoms with Crippen LogP contribution in [-0.2, 0) is 19.4 Å². The Bertz CT molecular complexity index is 408. The van der Waals surface area contributed by atoms with Crippen LogP contribution in [0.15, 0.2) is 6.07 Å². The van der Waals surface area contributed by atoms with Gasteiger partial charge in [0.2, 0.25) is 0 Å². The number of hydrogen-bond donors (Lipinski definition) is 1. The fraction of sp³-hybridized carbons (Fsp3) is 0.600. The lowest BCUT2D eigenvalue weighted by Gasteiger charge is -2.27. The van der Waals surface area contributed by atoms with E-state index in [-0.39, 0.29) is 0 Å². The van der Waals surface area contributed by atoms with Crippen molar-refractivity contribution >= 4 is 0 Å². The van der Waals surface area contributed by atoms with Gasteiger partial charge in [-0.15, -0.1) is 0 Å². The monoisotopic (exact) mass is 247 g/mol. The molecule has 2 aliphatic rings. The summed E-state index contributed by atoms with van der Waals surface area (Å²) in [5, 5.41) is 3.43. The number of aryl methyl sites for hydroxylation is 1. The minimum atomic E-state index is 0.853. The zero-order valence-corrected chi connectivity index (χ0v) is 11.1. The molecule has 0 unspecified atom stereocenters. The summed E-state index contributed by atoms with van der Waals surface area (Å²) in [5.74, 6) is 2.23. The highest BCUT2D eigenvalue weighted by atomic mass is 16.5. The minimum Gasteiger partial charge on any atom is -0.493 e. The van der Waals surface area contributed by atoms with Crippen molar-refractivity contribution in [3.63, 3.8) is 0 Å². The first-order chi connectivity index (χ1) is 8.90. The molecule has 98 valence electrons. The van der Waals surface area contributed by atoms with E-state index in [2.05, 4.69) is 18.3 Å². The molecule has 0 atom stereocenters. The van der Waals surface area contributed by atoms with Crippen LogP contribution in [0.5, 0.6) is 11.5 Å². The smallest absolute Gasteiger partial charge is 0.127 e. The number of rotatable bonds is 3. The SMILES string of the molecule is CCNCc1c2c(cc3c1OCCC3)OCCC2. The Morgan fingerprint density at radius 3 is 2.89 bits per heavy atom. The van der Waals surface area contributed by atoms with Crippen LogP contribution >= 0.6 is 0 Å². The molecule has 0 radical (unpaired) electrons. The van der Waals surface area contributed by atoms with Gasteiger partial charge < -0.3 is 14.8 Å². The molecule has 2 aliphatic heterocycles. The molecular formula is C15H21NO2. The Balaban J connectivity index is 2.05. The standard InChI is InChI=1S/C15H21NO2/c1-2-16-10-13-12-6-4-7-17-14(12)9-11-5-3-8-18-15(11)13/h9,16H,2-8,10H2,1H3. The quantitative estimate of drug-likeness (QED) is 0.890. The lowest BCUT2D eigenvalue weighted by atomic mass is 9.93. The van der Waals surface area contributed by atoms with Gasteiger partial charge in [0.1, 0.15) is 11.5 Å². The van der Waals surface area contributed by atoms with Crippen LogP contribution in [0, 0.1) is 0 Å². The van der Waals surface area contributed by atoms with Crippen LogP contribution in [0.25, 0.3) is 0 Å². The third kappa shape index (κ3) is 2.07. The van der Waals surface area contributed by atoms with Gasteiger partial charge in [-0.3, -0.25) is 0 Å². The predicted octanol–water partition coefficient (Wildman–Crippen LogP) is 2.45. The van der Waals surface area contributed by atoms with Gasteiger partial charge in [0, 0.05) is 17.7 Å². The van der Waals surface area contributed by atoms with Crippen molar-refractivity contribution in [1.82, 2.24) is 5.32 Å². The Labute approximate surface area is 108 Å². The molecule has 0 fully saturated rings. The lowest BCUT2D eigenvalue weighted by molar-refractivity contribution is 0.268.